The van der Waals surface area contributed by atoms with E-state index in [1.807, 2.05) is 4.31 Å². The Morgan fingerprint density at radius 1 is 1.29 bits per heavy atom. The summed E-state index contributed by atoms with van der Waals surface area (Å²) in [5.41, 5.74) is 0. The molecule has 0 fully saturated rings. The summed E-state index contributed by atoms with van der Waals surface area (Å²) in [6.07, 6.45) is 0. The van der Waals surface area contributed by atoms with Gasteiger partial charge in [0.05, 0.1) is 0 Å². The molecule has 0 atom stereocenters. The molecule has 0 aliphatic rings. The largest absolute Gasteiger partial charge is 0.269 e. The van der Waals surface area contributed by atoms with Crippen LogP contribution in [0.3, 0.4) is 0 Å². The zero-order valence-corrected chi connectivity index (χ0v) is 5.49. The van der Waals surface area contributed by atoms with E-state index in [-0.39, 0.29) is 4.70 Å². The molecule has 0 saturated heterocycles. The molecule has 0 spiro atoms. The van der Waals surface area contributed by atoms with Crippen LogP contribution in [0.15, 0.2) is 0 Å². The molecular weight excluding hydrogens is 113 g/mol. The smallest absolute Gasteiger partial charge is 0.00837 e. The van der Waals surface area contributed by atoms with Crippen LogP contribution in [-0.2, 0) is 0 Å². The molecule has 0 aliphatic heterocycles. The van der Waals surface area contributed by atoms with Gasteiger partial charge in [-0.3, -0.25) is 4.70 Å². The van der Waals surface area contributed by atoms with Gasteiger partial charge in [-0.05, 0) is 0 Å². The molecule has 45 valence electrons. The predicted molar refractivity (Wildman–Crippen MR) is 33.0 cm³/mol. The third-order valence-electron chi connectivity index (χ3n) is 0.705. The molecule has 0 aromatic carbocycles. The van der Waals surface area contributed by atoms with Gasteiger partial charge in [0, 0.05) is 25.9 Å². The number of hydrogen-bond acceptors (Lipinski definition) is 1. The quantitative estimate of drug-likeness (QED) is 0.540. The van der Waals surface area contributed by atoms with Gasteiger partial charge in [0.15, 0.2) is 0 Å². The molecule has 1 radical (unpaired) electrons. The second-order valence-corrected chi connectivity index (χ2v) is 1.63. The first-order valence-electron chi connectivity index (χ1n) is 2.23. The first-order valence-corrected chi connectivity index (χ1v) is 2.59. The van der Waals surface area contributed by atoms with Gasteiger partial charge in [0.25, 0.3) is 0 Å². The van der Waals surface area contributed by atoms with Crippen LogP contribution in [0.5, 0.6) is 0 Å². The lowest BCUT2D eigenvalue weighted by Crippen LogP contribution is -2.08. The van der Waals surface area contributed by atoms with Gasteiger partial charge in [0.1, 0.15) is 0 Å². The summed E-state index contributed by atoms with van der Waals surface area (Å²) in [4.78, 5) is 0. The van der Waals surface area contributed by atoms with Crippen molar-refractivity contribution in [2.45, 2.75) is 13.8 Å². The third kappa shape index (κ3) is 6.24. The van der Waals surface area contributed by atoms with Gasteiger partial charge in [-0.2, -0.15) is 0 Å². The van der Waals surface area contributed by atoms with Gasteiger partial charge in [-0.1, -0.05) is 13.8 Å². The number of halogens is 1. The SMILES string of the molecule is CCN([S])CC.F. The Labute approximate surface area is 49.6 Å². The van der Waals surface area contributed by atoms with Crippen molar-refractivity contribution in [1.82, 2.24) is 4.31 Å². The summed E-state index contributed by atoms with van der Waals surface area (Å²) >= 11 is 4.77. The van der Waals surface area contributed by atoms with Crippen LogP contribution in [-0.4, -0.2) is 17.4 Å². The van der Waals surface area contributed by atoms with Gasteiger partial charge in [0.2, 0.25) is 0 Å². The van der Waals surface area contributed by atoms with E-state index >= 15 is 0 Å². The van der Waals surface area contributed by atoms with Crippen LogP contribution in [0.1, 0.15) is 13.8 Å². The molecule has 0 rings (SSSR count). The molecule has 0 aromatic rings. The fourth-order valence-electron chi connectivity index (χ4n) is 0.224. The van der Waals surface area contributed by atoms with Crippen molar-refractivity contribution in [2.24, 2.45) is 0 Å². The summed E-state index contributed by atoms with van der Waals surface area (Å²) in [5.74, 6) is 0. The third-order valence-corrected chi connectivity index (χ3v) is 1.22. The highest BCUT2D eigenvalue weighted by molar-refractivity contribution is 7.77. The molecular formula is C4H11FNS. The maximum Gasteiger partial charge on any atom is 0.00837 e. The minimum Gasteiger partial charge on any atom is -0.269 e. The van der Waals surface area contributed by atoms with Crippen molar-refractivity contribution in [2.75, 3.05) is 13.1 Å². The second kappa shape index (κ2) is 6.24. The zero-order chi connectivity index (χ0) is 4.99. The van der Waals surface area contributed by atoms with E-state index < -0.39 is 0 Å². The lowest BCUT2D eigenvalue weighted by Gasteiger charge is -2.03. The Hall–Kier alpha value is 0.240. The summed E-state index contributed by atoms with van der Waals surface area (Å²) in [7, 11) is 0. The van der Waals surface area contributed by atoms with Gasteiger partial charge < -0.3 is 0 Å². The highest BCUT2D eigenvalue weighted by atomic mass is 32.1. The average molecular weight is 124 g/mol. The molecule has 7 heavy (non-hydrogen) atoms. The first kappa shape index (κ1) is 10.3. The fourth-order valence-corrected chi connectivity index (χ4v) is 0.224. The van der Waals surface area contributed by atoms with Crippen LogP contribution in [0, 0.1) is 0 Å². The fraction of sp³-hybridized carbons (Fsp3) is 1.00. The first-order chi connectivity index (χ1) is 2.81. The molecule has 3 heteroatoms. The van der Waals surface area contributed by atoms with E-state index in [0.29, 0.717) is 0 Å². The Morgan fingerprint density at radius 2 is 1.57 bits per heavy atom. The molecule has 0 amide bonds. The minimum atomic E-state index is 0. The predicted octanol–water partition coefficient (Wildman–Crippen LogP) is 1.59. The number of nitrogens with zero attached hydrogens (tertiary/aromatic N) is 1. The van der Waals surface area contributed by atoms with Gasteiger partial charge in [-0.15, -0.1) is 0 Å². The Kier molecular flexibility index (Phi) is 9.15. The van der Waals surface area contributed by atoms with Crippen molar-refractivity contribution in [3.05, 3.63) is 0 Å². The normalized spacial score (nSPS) is 8.57. The Morgan fingerprint density at radius 3 is 1.57 bits per heavy atom. The molecule has 1 nitrogen and oxygen atoms in total. The molecule has 0 aromatic heterocycles. The van der Waals surface area contributed by atoms with Crippen LogP contribution >= 0.6 is 12.8 Å². The summed E-state index contributed by atoms with van der Waals surface area (Å²) < 4.78 is 1.83. The molecule has 0 saturated carbocycles. The summed E-state index contributed by atoms with van der Waals surface area (Å²) in [5, 5.41) is 0. The lowest BCUT2D eigenvalue weighted by atomic mass is 10.7. The minimum absolute atomic E-state index is 0. The van der Waals surface area contributed by atoms with Crippen molar-refractivity contribution in [3.8, 4) is 0 Å². The molecule has 0 bridgehead atoms. The molecule has 0 unspecified atom stereocenters. The van der Waals surface area contributed by atoms with Crippen molar-refractivity contribution < 1.29 is 4.70 Å². The van der Waals surface area contributed by atoms with Gasteiger partial charge >= 0.3 is 0 Å². The standard InChI is InChI=1S/C4H10NS.FH/c1-3-5(6)4-2;/h3-4H2,1-2H3;1H. The maximum absolute atomic E-state index is 4.77. The van der Waals surface area contributed by atoms with E-state index in [1.165, 1.54) is 0 Å². The molecule has 0 aliphatic carbocycles. The van der Waals surface area contributed by atoms with Crippen LogP contribution in [0.4, 0.5) is 4.70 Å². The van der Waals surface area contributed by atoms with E-state index in [4.69, 9.17) is 12.8 Å². The Balaban J connectivity index is 0. The highest BCUT2D eigenvalue weighted by Gasteiger charge is 1.84. The number of rotatable bonds is 2. The monoisotopic (exact) mass is 124 g/mol. The van der Waals surface area contributed by atoms with E-state index in [1.54, 1.807) is 0 Å². The Bertz CT molecular complexity index is 30.9. The van der Waals surface area contributed by atoms with E-state index in [2.05, 4.69) is 13.8 Å². The number of hydrogen-bond donors (Lipinski definition) is 0. The van der Waals surface area contributed by atoms with Gasteiger partial charge in [-0.25, -0.2) is 4.31 Å². The molecule has 0 heterocycles. The van der Waals surface area contributed by atoms with Crippen LogP contribution in [0.2, 0.25) is 0 Å². The van der Waals surface area contributed by atoms with E-state index in [9.17, 15) is 0 Å². The lowest BCUT2D eigenvalue weighted by molar-refractivity contribution is 0.532. The van der Waals surface area contributed by atoms with Crippen molar-refractivity contribution >= 4 is 12.8 Å². The zero-order valence-electron chi connectivity index (χ0n) is 4.68. The highest BCUT2D eigenvalue weighted by Crippen LogP contribution is 1.86. The van der Waals surface area contributed by atoms with Crippen molar-refractivity contribution in [1.29, 1.82) is 0 Å². The second-order valence-electron chi connectivity index (χ2n) is 1.11. The average Bonchev–Trinajstić information content (AvgIpc) is 1.65. The van der Waals surface area contributed by atoms with Crippen LogP contribution in [0.25, 0.3) is 0 Å². The van der Waals surface area contributed by atoms with Crippen LogP contribution < -0.4 is 0 Å². The summed E-state index contributed by atoms with van der Waals surface area (Å²) in [6, 6.07) is 0. The maximum atomic E-state index is 4.77. The topological polar surface area (TPSA) is 3.24 Å². The molecule has 0 N–H and O–H groups in total. The van der Waals surface area contributed by atoms with Crippen molar-refractivity contribution in [3.63, 3.8) is 0 Å². The van der Waals surface area contributed by atoms with E-state index in [0.717, 1.165) is 13.1 Å². The summed E-state index contributed by atoms with van der Waals surface area (Å²) in [6.45, 7) is 6.06.